The maximum absolute atomic E-state index is 12.1. The Hall–Kier alpha value is -3.60. The van der Waals surface area contributed by atoms with Crippen molar-refractivity contribution in [3.05, 3.63) is 71.8 Å². The van der Waals surface area contributed by atoms with E-state index >= 15 is 0 Å². The Morgan fingerprint density at radius 2 is 1.04 bits per heavy atom. The molecule has 0 radical (unpaired) electrons. The number of hydrogen-bond donors (Lipinski definition) is 2. The molecular formula is C20H14N2O3. The second-order valence-electron chi connectivity index (χ2n) is 5.73. The summed E-state index contributed by atoms with van der Waals surface area (Å²) in [5.41, 5.74) is 14.3. The molecule has 0 unspecified atom stereocenters. The number of nitrogens with two attached hydrogens (primary N) is 2. The lowest BCUT2D eigenvalue weighted by Gasteiger charge is -2.15. The molecule has 1 aliphatic rings. The SMILES string of the molecule is NC(=O)c1ccc(C(N)=O)c2c1-c1ccccc1Oc1ccccc1-2. The van der Waals surface area contributed by atoms with Crippen molar-refractivity contribution in [2.45, 2.75) is 0 Å². The summed E-state index contributed by atoms with van der Waals surface area (Å²) >= 11 is 0. The van der Waals surface area contributed by atoms with Gasteiger partial charge in [-0.1, -0.05) is 36.4 Å². The Bertz CT molecular complexity index is 958. The third-order valence-electron chi connectivity index (χ3n) is 4.27. The molecule has 4 rings (SSSR count). The fourth-order valence-electron chi connectivity index (χ4n) is 3.22. The third kappa shape index (κ3) is 2.25. The first-order valence-electron chi connectivity index (χ1n) is 7.71. The van der Waals surface area contributed by atoms with E-state index in [1.165, 1.54) is 12.1 Å². The lowest BCUT2D eigenvalue weighted by molar-refractivity contribution is 0.0989. The molecule has 0 saturated carbocycles. The zero-order valence-corrected chi connectivity index (χ0v) is 13.2. The summed E-state index contributed by atoms with van der Waals surface area (Å²) < 4.78 is 6.05. The molecule has 1 aliphatic heterocycles. The van der Waals surface area contributed by atoms with Gasteiger partial charge in [0, 0.05) is 33.4 Å². The van der Waals surface area contributed by atoms with E-state index in [1.807, 2.05) is 48.5 Å². The molecule has 25 heavy (non-hydrogen) atoms. The number of rotatable bonds is 2. The molecule has 4 N–H and O–H groups in total. The van der Waals surface area contributed by atoms with Gasteiger partial charge in [0.05, 0.1) is 0 Å². The minimum atomic E-state index is -0.582. The number of carbonyl (C=O) groups excluding carboxylic acids is 2. The first-order chi connectivity index (χ1) is 12.1. The van der Waals surface area contributed by atoms with Crippen molar-refractivity contribution in [3.8, 4) is 33.8 Å². The minimum Gasteiger partial charge on any atom is -0.456 e. The van der Waals surface area contributed by atoms with Crippen LogP contribution in [0.3, 0.4) is 0 Å². The van der Waals surface area contributed by atoms with Crippen molar-refractivity contribution < 1.29 is 14.3 Å². The van der Waals surface area contributed by atoms with Gasteiger partial charge in [-0.05, 0) is 24.3 Å². The molecule has 0 saturated heterocycles. The Labute approximate surface area is 143 Å². The number of primary amides is 2. The van der Waals surface area contributed by atoms with E-state index < -0.39 is 11.8 Å². The Morgan fingerprint density at radius 3 is 1.44 bits per heavy atom. The molecule has 3 aromatic rings. The van der Waals surface area contributed by atoms with Gasteiger partial charge < -0.3 is 16.2 Å². The van der Waals surface area contributed by atoms with Crippen molar-refractivity contribution in [1.29, 1.82) is 0 Å². The highest BCUT2D eigenvalue weighted by molar-refractivity contribution is 6.12. The van der Waals surface area contributed by atoms with Crippen LogP contribution in [-0.2, 0) is 0 Å². The molecule has 0 fully saturated rings. The lowest BCUT2D eigenvalue weighted by atomic mass is 9.86. The Balaban J connectivity index is 2.24. The van der Waals surface area contributed by atoms with E-state index in [4.69, 9.17) is 16.2 Å². The van der Waals surface area contributed by atoms with Gasteiger partial charge in [-0.25, -0.2) is 0 Å². The molecule has 5 nitrogen and oxygen atoms in total. The first-order valence-corrected chi connectivity index (χ1v) is 7.71. The Morgan fingerprint density at radius 1 is 0.640 bits per heavy atom. The summed E-state index contributed by atoms with van der Waals surface area (Å²) in [6.45, 7) is 0. The average molecular weight is 330 g/mol. The smallest absolute Gasteiger partial charge is 0.249 e. The molecule has 0 bridgehead atoms. The fourth-order valence-corrected chi connectivity index (χ4v) is 3.22. The fraction of sp³-hybridized carbons (Fsp3) is 0. The summed E-state index contributed by atoms with van der Waals surface area (Å²) in [7, 11) is 0. The zero-order chi connectivity index (χ0) is 17.6. The number of benzene rings is 3. The number of amides is 2. The van der Waals surface area contributed by atoms with Crippen LogP contribution in [-0.4, -0.2) is 11.8 Å². The average Bonchev–Trinajstić information content (AvgIpc) is 2.75. The minimum absolute atomic E-state index is 0.313. The zero-order valence-electron chi connectivity index (χ0n) is 13.2. The summed E-state index contributed by atoms with van der Waals surface area (Å²) in [6, 6.07) is 17.7. The lowest BCUT2D eigenvalue weighted by Crippen LogP contribution is -2.17. The van der Waals surface area contributed by atoms with E-state index in [9.17, 15) is 9.59 Å². The highest BCUT2D eigenvalue weighted by Gasteiger charge is 2.28. The maximum Gasteiger partial charge on any atom is 0.249 e. The van der Waals surface area contributed by atoms with Gasteiger partial charge in [-0.15, -0.1) is 0 Å². The Kier molecular flexibility index (Phi) is 3.28. The van der Waals surface area contributed by atoms with Crippen LogP contribution in [0.5, 0.6) is 11.5 Å². The van der Waals surface area contributed by atoms with Crippen LogP contribution in [0.2, 0.25) is 0 Å². The molecule has 2 amide bonds. The van der Waals surface area contributed by atoms with Crippen molar-refractivity contribution in [2.24, 2.45) is 11.5 Å². The number of carbonyl (C=O) groups is 2. The molecule has 122 valence electrons. The summed E-state index contributed by atoms with van der Waals surface area (Å²) in [5.74, 6) is -0.00134. The predicted molar refractivity (Wildman–Crippen MR) is 94.4 cm³/mol. The molecule has 0 atom stereocenters. The van der Waals surface area contributed by atoms with Crippen LogP contribution >= 0.6 is 0 Å². The van der Waals surface area contributed by atoms with Crippen LogP contribution in [0.1, 0.15) is 20.7 Å². The predicted octanol–water partition coefficient (Wildman–Crippen LogP) is 3.32. The van der Waals surface area contributed by atoms with Gasteiger partial charge in [-0.3, -0.25) is 9.59 Å². The van der Waals surface area contributed by atoms with Gasteiger partial charge in [-0.2, -0.15) is 0 Å². The van der Waals surface area contributed by atoms with Crippen molar-refractivity contribution in [3.63, 3.8) is 0 Å². The van der Waals surface area contributed by atoms with Crippen molar-refractivity contribution in [1.82, 2.24) is 0 Å². The van der Waals surface area contributed by atoms with Crippen molar-refractivity contribution in [2.75, 3.05) is 0 Å². The largest absolute Gasteiger partial charge is 0.456 e. The first kappa shape index (κ1) is 15.0. The van der Waals surface area contributed by atoms with E-state index in [1.54, 1.807) is 0 Å². The van der Waals surface area contributed by atoms with Crippen molar-refractivity contribution >= 4 is 11.8 Å². The molecular weight excluding hydrogens is 316 g/mol. The maximum atomic E-state index is 12.1. The second kappa shape index (κ2) is 5.49. The molecule has 3 aromatic carbocycles. The van der Waals surface area contributed by atoms with E-state index in [2.05, 4.69) is 0 Å². The van der Waals surface area contributed by atoms with Crippen LogP contribution in [0, 0.1) is 0 Å². The number of fused-ring (bicyclic) bond motifs is 5. The highest BCUT2D eigenvalue weighted by atomic mass is 16.5. The summed E-state index contributed by atoms with van der Waals surface area (Å²) in [6.07, 6.45) is 0. The van der Waals surface area contributed by atoms with Gasteiger partial charge in [0.25, 0.3) is 0 Å². The summed E-state index contributed by atoms with van der Waals surface area (Å²) in [5, 5.41) is 0. The molecule has 0 aliphatic carbocycles. The number of para-hydroxylation sites is 2. The monoisotopic (exact) mass is 330 g/mol. The quantitative estimate of drug-likeness (QED) is 0.590. The van der Waals surface area contributed by atoms with Gasteiger partial charge >= 0.3 is 0 Å². The van der Waals surface area contributed by atoms with Gasteiger partial charge in [0.1, 0.15) is 11.5 Å². The topological polar surface area (TPSA) is 95.4 Å². The van der Waals surface area contributed by atoms with E-state index in [0.29, 0.717) is 44.9 Å². The van der Waals surface area contributed by atoms with E-state index in [-0.39, 0.29) is 0 Å². The van der Waals surface area contributed by atoms with E-state index in [0.717, 1.165) is 0 Å². The van der Waals surface area contributed by atoms with Crippen LogP contribution in [0.15, 0.2) is 60.7 Å². The second-order valence-corrected chi connectivity index (χ2v) is 5.73. The molecule has 1 heterocycles. The molecule has 0 spiro atoms. The molecule has 5 heteroatoms. The van der Waals surface area contributed by atoms with Gasteiger partial charge in [0.15, 0.2) is 0 Å². The van der Waals surface area contributed by atoms with Crippen LogP contribution in [0.25, 0.3) is 22.3 Å². The summed E-state index contributed by atoms with van der Waals surface area (Å²) in [4.78, 5) is 24.1. The van der Waals surface area contributed by atoms with Crippen LogP contribution < -0.4 is 16.2 Å². The van der Waals surface area contributed by atoms with Crippen LogP contribution in [0.4, 0.5) is 0 Å². The number of ether oxygens (including phenoxy) is 1. The standard InChI is InChI=1S/C20H14N2O3/c21-19(23)13-9-10-14(20(22)24)18-12-6-2-4-8-16(12)25-15-7-3-1-5-11(15)17(13)18/h1-10H,(H2,21,23)(H2,22,24). The van der Waals surface area contributed by atoms with Gasteiger partial charge in [0.2, 0.25) is 11.8 Å². The third-order valence-corrected chi connectivity index (χ3v) is 4.27. The number of hydrogen-bond acceptors (Lipinski definition) is 3. The molecule has 0 aromatic heterocycles. The highest BCUT2D eigenvalue weighted by Crippen LogP contribution is 2.48. The normalized spacial score (nSPS) is 11.4.